The van der Waals surface area contributed by atoms with Crippen molar-refractivity contribution in [3.63, 3.8) is 0 Å². The third-order valence-corrected chi connectivity index (χ3v) is 7.18. The molecule has 2 aliphatic carbocycles. The molecule has 1 saturated carbocycles. The van der Waals surface area contributed by atoms with E-state index in [1.165, 1.54) is 62.2 Å². The van der Waals surface area contributed by atoms with Gasteiger partial charge in [0.15, 0.2) is 5.13 Å². The van der Waals surface area contributed by atoms with Crippen molar-refractivity contribution in [1.29, 1.82) is 0 Å². The normalized spacial score (nSPS) is 20.9. The minimum Gasteiger partial charge on any atom is -0.350 e. The molecule has 2 aromatic rings. The second kappa shape index (κ2) is 6.80. The Morgan fingerprint density at radius 3 is 2.54 bits per heavy atom. The Balaban J connectivity index is 1.29. The van der Waals surface area contributed by atoms with Crippen molar-refractivity contribution in [2.45, 2.75) is 70.4 Å². The van der Waals surface area contributed by atoms with Crippen LogP contribution in [0.2, 0.25) is 0 Å². The average molecular weight is 370 g/mol. The molecule has 26 heavy (non-hydrogen) atoms. The summed E-state index contributed by atoms with van der Waals surface area (Å²) in [5.41, 5.74) is 2.45. The monoisotopic (exact) mass is 369 g/mol. The lowest BCUT2D eigenvalue weighted by molar-refractivity contribution is 0.458. The van der Waals surface area contributed by atoms with Crippen molar-refractivity contribution in [3.8, 4) is 0 Å². The average Bonchev–Trinajstić information content (AvgIpc) is 3.39. The number of aryl methyl sites for hydroxylation is 3. The van der Waals surface area contributed by atoms with Crippen LogP contribution in [0.5, 0.6) is 0 Å². The number of anilines is 2. The van der Waals surface area contributed by atoms with Crippen molar-refractivity contribution in [3.05, 3.63) is 28.7 Å². The summed E-state index contributed by atoms with van der Waals surface area (Å²) < 4.78 is 0. The van der Waals surface area contributed by atoms with Crippen molar-refractivity contribution >= 4 is 22.3 Å². The quantitative estimate of drug-likeness (QED) is 0.821. The molecule has 2 aromatic heterocycles. The minimum atomic E-state index is 0.600. The predicted octanol–water partition coefficient (Wildman–Crippen LogP) is 3.76. The Morgan fingerprint density at radius 1 is 1.04 bits per heavy atom. The maximum Gasteiger partial charge on any atom is 0.185 e. The van der Waals surface area contributed by atoms with Crippen molar-refractivity contribution < 1.29 is 0 Å². The van der Waals surface area contributed by atoms with Gasteiger partial charge < -0.3 is 9.80 Å². The number of piperidine rings is 1. The lowest BCUT2D eigenvalue weighted by Gasteiger charge is -2.39. The van der Waals surface area contributed by atoms with Crippen LogP contribution in [-0.2, 0) is 12.8 Å². The van der Waals surface area contributed by atoms with Crippen LogP contribution in [-0.4, -0.2) is 40.1 Å². The number of fused-ring (bicyclic) bond motifs is 1. The fourth-order valence-corrected chi connectivity index (χ4v) is 5.62. The summed E-state index contributed by atoms with van der Waals surface area (Å²) in [4.78, 5) is 20.5. The highest BCUT2D eigenvalue weighted by Crippen LogP contribution is 2.37. The van der Waals surface area contributed by atoms with Gasteiger partial charge >= 0.3 is 0 Å². The molecule has 6 heteroatoms. The third kappa shape index (κ3) is 3.20. The van der Waals surface area contributed by atoms with Crippen molar-refractivity contribution in [2.24, 2.45) is 0 Å². The molecule has 1 aliphatic heterocycles. The first-order chi connectivity index (χ1) is 12.8. The molecule has 0 spiro atoms. The zero-order valence-corrected chi connectivity index (χ0v) is 16.3. The summed E-state index contributed by atoms with van der Waals surface area (Å²) in [6.45, 7) is 4.29. The van der Waals surface area contributed by atoms with E-state index in [9.17, 15) is 0 Å². The van der Waals surface area contributed by atoms with Gasteiger partial charge in [0.25, 0.3) is 0 Å². The Morgan fingerprint density at radius 2 is 1.81 bits per heavy atom. The fraction of sp³-hybridized carbons (Fsp3) is 0.650. The number of rotatable bonds is 4. The van der Waals surface area contributed by atoms with Gasteiger partial charge in [-0.1, -0.05) is 0 Å². The molecule has 0 unspecified atom stereocenters. The lowest BCUT2D eigenvalue weighted by Crippen LogP contribution is -2.46. The molecule has 0 aromatic carbocycles. The predicted molar refractivity (Wildman–Crippen MR) is 106 cm³/mol. The molecule has 3 aliphatic rings. The molecule has 138 valence electrons. The Bertz CT molecular complexity index is 753. The SMILES string of the molecule is Cc1cc(N(C2CC2)C2CCN(c3nc4c(s3)CCCC4)CC2)ncn1. The number of aromatic nitrogens is 3. The van der Waals surface area contributed by atoms with Gasteiger partial charge in [-0.3, -0.25) is 0 Å². The van der Waals surface area contributed by atoms with Gasteiger partial charge in [0.05, 0.1) is 5.69 Å². The zero-order chi connectivity index (χ0) is 17.5. The molecular weight excluding hydrogens is 342 g/mol. The van der Waals surface area contributed by atoms with Crippen LogP contribution in [0.4, 0.5) is 10.9 Å². The van der Waals surface area contributed by atoms with E-state index in [0.29, 0.717) is 12.1 Å². The summed E-state index contributed by atoms with van der Waals surface area (Å²) in [6, 6.07) is 3.44. The van der Waals surface area contributed by atoms with Crippen LogP contribution < -0.4 is 9.80 Å². The van der Waals surface area contributed by atoms with E-state index < -0.39 is 0 Å². The van der Waals surface area contributed by atoms with Crippen LogP contribution in [0.15, 0.2) is 12.4 Å². The van der Waals surface area contributed by atoms with Crippen LogP contribution in [0.1, 0.15) is 54.8 Å². The molecule has 5 nitrogen and oxygen atoms in total. The maximum atomic E-state index is 4.97. The van der Waals surface area contributed by atoms with E-state index in [0.717, 1.165) is 24.6 Å². The smallest absolute Gasteiger partial charge is 0.185 e. The number of hydrogen-bond acceptors (Lipinski definition) is 6. The number of thiazole rings is 1. The second-order valence-corrected chi connectivity index (χ2v) is 9.01. The van der Waals surface area contributed by atoms with E-state index in [4.69, 9.17) is 4.98 Å². The van der Waals surface area contributed by atoms with Gasteiger partial charge in [0, 0.05) is 41.8 Å². The van der Waals surface area contributed by atoms with Crippen LogP contribution in [0.3, 0.4) is 0 Å². The highest BCUT2D eigenvalue weighted by molar-refractivity contribution is 7.15. The van der Waals surface area contributed by atoms with Crippen molar-refractivity contribution in [2.75, 3.05) is 22.9 Å². The number of hydrogen-bond donors (Lipinski definition) is 0. The highest BCUT2D eigenvalue weighted by atomic mass is 32.1. The van der Waals surface area contributed by atoms with E-state index in [-0.39, 0.29) is 0 Å². The molecule has 1 saturated heterocycles. The molecule has 0 bridgehead atoms. The summed E-state index contributed by atoms with van der Waals surface area (Å²) in [5, 5.41) is 1.27. The minimum absolute atomic E-state index is 0.600. The van der Waals surface area contributed by atoms with Gasteiger partial charge in [-0.15, -0.1) is 11.3 Å². The summed E-state index contributed by atoms with van der Waals surface area (Å²) in [6.07, 6.45) is 11.8. The third-order valence-electron chi connectivity index (χ3n) is 5.96. The van der Waals surface area contributed by atoms with Crippen LogP contribution in [0, 0.1) is 6.92 Å². The first-order valence-corrected chi connectivity index (χ1v) is 10.9. The van der Waals surface area contributed by atoms with Crippen LogP contribution >= 0.6 is 11.3 Å². The molecule has 0 N–H and O–H groups in total. The molecule has 0 radical (unpaired) electrons. The highest BCUT2D eigenvalue weighted by Gasteiger charge is 2.37. The van der Waals surface area contributed by atoms with Crippen molar-refractivity contribution in [1.82, 2.24) is 15.0 Å². The summed E-state index contributed by atoms with van der Waals surface area (Å²) in [7, 11) is 0. The Kier molecular flexibility index (Phi) is 4.31. The Hall–Kier alpha value is -1.69. The van der Waals surface area contributed by atoms with E-state index in [1.54, 1.807) is 11.2 Å². The molecule has 0 amide bonds. The van der Waals surface area contributed by atoms with E-state index in [2.05, 4.69) is 32.8 Å². The Labute approximate surface area is 159 Å². The van der Waals surface area contributed by atoms with Crippen LogP contribution in [0.25, 0.3) is 0 Å². The molecule has 0 atom stereocenters. The topological polar surface area (TPSA) is 45.2 Å². The zero-order valence-electron chi connectivity index (χ0n) is 15.5. The van der Waals surface area contributed by atoms with Gasteiger partial charge in [-0.2, -0.15) is 0 Å². The van der Waals surface area contributed by atoms with Gasteiger partial charge in [-0.05, 0) is 58.3 Å². The molecule has 2 fully saturated rings. The van der Waals surface area contributed by atoms with Gasteiger partial charge in [-0.25, -0.2) is 15.0 Å². The molecule has 5 rings (SSSR count). The van der Waals surface area contributed by atoms with E-state index >= 15 is 0 Å². The first-order valence-electron chi connectivity index (χ1n) is 10.1. The molecular formula is C20H27N5S. The van der Waals surface area contributed by atoms with Gasteiger partial charge in [0.1, 0.15) is 12.1 Å². The van der Waals surface area contributed by atoms with E-state index in [1.807, 2.05) is 11.3 Å². The van der Waals surface area contributed by atoms with Gasteiger partial charge in [0.2, 0.25) is 0 Å². The lowest BCUT2D eigenvalue weighted by atomic mass is 10.0. The largest absolute Gasteiger partial charge is 0.350 e. The standard InChI is InChI=1S/C20H27N5S/c1-14-12-19(22-13-21-14)25(15-6-7-15)16-8-10-24(11-9-16)20-23-17-4-2-3-5-18(17)26-20/h12-13,15-16H,2-11H2,1H3. The summed E-state index contributed by atoms with van der Waals surface area (Å²) >= 11 is 1.95. The first kappa shape index (κ1) is 16.5. The second-order valence-electron chi connectivity index (χ2n) is 7.95. The maximum absolute atomic E-state index is 4.97. The molecule has 3 heterocycles. The number of nitrogens with zero attached hydrogens (tertiary/aromatic N) is 5. The summed E-state index contributed by atoms with van der Waals surface area (Å²) in [5.74, 6) is 1.13. The fourth-order valence-electron chi connectivity index (χ4n) is 4.42.